The summed E-state index contributed by atoms with van der Waals surface area (Å²) in [6, 6.07) is 6.70. The van der Waals surface area contributed by atoms with Crippen molar-refractivity contribution in [2.24, 2.45) is 0 Å². The lowest BCUT2D eigenvalue weighted by molar-refractivity contribution is 0.625. The molecule has 0 unspecified atom stereocenters. The van der Waals surface area contributed by atoms with Crippen LogP contribution >= 0.6 is 15.9 Å². The molecule has 0 heterocycles. The Morgan fingerprint density at radius 1 is 1.55 bits per heavy atom. The highest BCUT2D eigenvalue weighted by Gasteiger charge is 1.98. The van der Waals surface area contributed by atoms with Gasteiger partial charge in [-0.05, 0) is 24.1 Å². The summed E-state index contributed by atoms with van der Waals surface area (Å²) >= 11 is 3.41. The van der Waals surface area contributed by atoms with Crippen LogP contribution in [0.2, 0.25) is 0 Å². The van der Waals surface area contributed by atoms with E-state index >= 15 is 0 Å². The molecule has 11 heavy (non-hydrogen) atoms. The minimum atomic E-state index is -0.157. The minimum Gasteiger partial charge on any atom is -0.207 e. The van der Waals surface area contributed by atoms with Crippen LogP contribution in [0.3, 0.4) is 0 Å². The Morgan fingerprint density at radius 2 is 2.27 bits per heavy atom. The van der Waals surface area contributed by atoms with Gasteiger partial charge in [-0.3, -0.25) is 0 Å². The molecule has 0 aliphatic heterocycles. The van der Waals surface area contributed by atoms with E-state index in [-0.39, 0.29) is 5.82 Å². The summed E-state index contributed by atoms with van der Waals surface area (Å²) < 4.78 is 12.6. The Morgan fingerprint density at radius 3 is 2.82 bits per heavy atom. The number of rotatable bonds is 2. The zero-order valence-electron chi connectivity index (χ0n) is 6.35. The first-order chi connectivity index (χ1) is 5.18. The molecule has 2 heteroatoms. The summed E-state index contributed by atoms with van der Waals surface area (Å²) in [5, 5.41) is 0. The normalized spacial score (nSPS) is 13.0. The van der Waals surface area contributed by atoms with Crippen LogP contribution in [0, 0.1) is 5.82 Å². The van der Waals surface area contributed by atoms with Crippen LogP contribution in [0.1, 0.15) is 12.5 Å². The van der Waals surface area contributed by atoms with Gasteiger partial charge in [0.05, 0.1) is 0 Å². The van der Waals surface area contributed by atoms with Gasteiger partial charge in [-0.2, -0.15) is 0 Å². The van der Waals surface area contributed by atoms with E-state index in [0.29, 0.717) is 4.83 Å². The first kappa shape index (κ1) is 8.72. The molecule has 1 aromatic rings. The smallest absolute Gasteiger partial charge is 0.123 e. The van der Waals surface area contributed by atoms with Crippen molar-refractivity contribution in [3.8, 4) is 0 Å². The Bertz CT molecular complexity index is 233. The largest absolute Gasteiger partial charge is 0.207 e. The van der Waals surface area contributed by atoms with Crippen LogP contribution < -0.4 is 0 Å². The second kappa shape index (κ2) is 3.86. The first-order valence-corrected chi connectivity index (χ1v) is 4.48. The molecule has 60 valence electrons. The Balaban J connectivity index is 2.71. The lowest BCUT2D eigenvalue weighted by Gasteiger charge is -2.02. The van der Waals surface area contributed by atoms with E-state index in [1.807, 2.05) is 13.0 Å². The zero-order valence-corrected chi connectivity index (χ0v) is 7.94. The molecule has 0 aromatic heterocycles. The highest BCUT2D eigenvalue weighted by atomic mass is 79.9. The van der Waals surface area contributed by atoms with Crippen LogP contribution in [0.4, 0.5) is 4.39 Å². The topological polar surface area (TPSA) is 0 Å². The van der Waals surface area contributed by atoms with Gasteiger partial charge < -0.3 is 0 Å². The molecule has 0 saturated carbocycles. The van der Waals surface area contributed by atoms with Crippen molar-refractivity contribution in [1.29, 1.82) is 0 Å². The minimum absolute atomic E-state index is 0.157. The van der Waals surface area contributed by atoms with Crippen molar-refractivity contribution in [3.63, 3.8) is 0 Å². The second-order valence-electron chi connectivity index (χ2n) is 2.61. The van der Waals surface area contributed by atoms with Crippen molar-refractivity contribution in [2.75, 3.05) is 0 Å². The summed E-state index contributed by atoms with van der Waals surface area (Å²) in [6.07, 6.45) is 0.873. The molecular weight excluding hydrogens is 207 g/mol. The maximum atomic E-state index is 12.6. The van der Waals surface area contributed by atoms with Crippen molar-refractivity contribution in [1.82, 2.24) is 0 Å². The third-order valence-corrected chi connectivity index (χ3v) is 1.73. The number of halogens is 2. The van der Waals surface area contributed by atoms with E-state index in [9.17, 15) is 4.39 Å². The van der Waals surface area contributed by atoms with E-state index in [0.717, 1.165) is 12.0 Å². The monoisotopic (exact) mass is 216 g/mol. The molecule has 0 nitrogen and oxygen atoms in total. The molecule has 0 N–H and O–H groups in total. The molecule has 0 saturated heterocycles. The molecule has 0 spiro atoms. The molecule has 1 aromatic carbocycles. The van der Waals surface area contributed by atoms with Gasteiger partial charge in [0.15, 0.2) is 0 Å². The van der Waals surface area contributed by atoms with E-state index in [4.69, 9.17) is 0 Å². The van der Waals surface area contributed by atoms with Crippen LogP contribution in [0.5, 0.6) is 0 Å². The van der Waals surface area contributed by atoms with Crippen molar-refractivity contribution >= 4 is 15.9 Å². The number of alkyl halides is 1. The van der Waals surface area contributed by atoms with Crippen molar-refractivity contribution < 1.29 is 4.39 Å². The summed E-state index contributed by atoms with van der Waals surface area (Å²) in [5.74, 6) is -0.157. The average Bonchev–Trinajstić information content (AvgIpc) is 1.85. The van der Waals surface area contributed by atoms with Gasteiger partial charge in [0.2, 0.25) is 0 Å². The summed E-state index contributed by atoms with van der Waals surface area (Å²) in [7, 11) is 0. The SMILES string of the molecule is C[C@@H](Br)Cc1cccc(F)c1. The standard InChI is InChI=1S/C9H10BrF/c1-7(10)5-8-3-2-4-9(11)6-8/h2-4,6-7H,5H2,1H3/t7-/m1/s1. The van der Waals surface area contributed by atoms with Crippen molar-refractivity contribution in [2.45, 2.75) is 18.2 Å². The van der Waals surface area contributed by atoms with Crippen LogP contribution in [-0.4, -0.2) is 4.83 Å². The molecule has 1 rings (SSSR count). The van der Waals surface area contributed by atoms with E-state index < -0.39 is 0 Å². The van der Waals surface area contributed by atoms with E-state index in [1.165, 1.54) is 6.07 Å². The van der Waals surface area contributed by atoms with Gasteiger partial charge in [0, 0.05) is 4.83 Å². The number of hydrogen-bond donors (Lipinski definition) is 0. The Hall–Kier alpha value is -0.370. The van der Waals surface area contributed by atoms with Gasteiger partial charge in [-0.25, -0.2) is 4.39 Å². The molecule has 0 radical (unpaired) electrons. The van der Waals surface area contributed by atoms with Crippen LogP contribution in [0.25, 0.3) is 0 Å². The summed E-state index contributed by atoms with van der Waals surface area (Å²) in [4.78, 5) is 0.407. The molecule has 1 atom stereocenters. The lowest BCUT2D eigenvalue weighted by atomic mass is 10.1. The highest BCUT2D eigenvalue weighted by molar-refractivity contribution is 9.09. The lowest BCUT2D eigenvalue weighted by Crippen LogP contribution is -1.96. The van der Waals surface area contributed by atoms with E-state index in [1.54, 1.807) is 12.1 Å². The van der Waals surface area contributed by atoms with Gasteiger partial charge in [0.1, 0.15) is 5.82 Å². The fraction of sp³-hybridized carbons (Fsp3) is 0.333. The van der Waals surface area contributed by atoms with Gasteiger partial charge >= 0.3 is 0 Å². The maximum absolute atomic E-state index is 12.6. The van der Waals surface area contributed by atoms with Gasteiger partial charge in [0.25, 0.3) is 0 Å². The predicted molar refractivity (Wildman–Crippen MR) is 48.5 cm³/mol. The van der Waals surface area contributed by atoms with Crippen molar-refractivity contribution in [3.05, 3.63) is 35.6 Å². The van der Waals surface area contributed by atoms with Crippen LogP contribution in [0.15, 0.2) is 24.3 Å². The fourth-order valence-corrected chi connectivity index (χ4v) is 1.36. The summed E-state index contributed by atoms with van der Waals surface area (Å²) in [6.45, 7) is 2.05. The van der Waals surface area contributed by atoms with Gasteiger partial charge in [-0.1, -0.05) is 35.0 Å². The first-order valence-electron chi connectivity index (χ1n) is 3.57. The molecule has 0 aliphatic rings. The zero-order chi connectivity index (χ0) is 8.27. The molecular formula is C9H10BrF. The van der Waals surface area contributed by atoms with Gasteiger partial charge in [-0.15, -0.1) is 0 Å². The number of hydrogen-bond acceptors (Lipinski definition) is 0. The Kier molecular flexibility index (Phi) is 3.06. The fourth-order valence-electron chi connectivity index (χ4n) is 0.989. The quantitative estimate of drug-likeness (QED) is 0.667. The third kappa shape index (κ3) is 3.02. The summed E-state index contributed by atoms with van der Waals surface area (Å²) in [5.41, 5.74) is 1.04. The molecule has 0 aliphatic carbocycles. The van der Waals surface area contributed by atoms with E-state index in [2.05, 4.69) is 15.9 Å². The van der Waals surface area contributed by atoms with Crippen LogP contribution in [-0.2, 0) is 6.42 Å². The maximum Gasteiger partial charge on any atom is 0.123 e. The molecule has 0 fully saturated rings. The number of benzene rings is 1. The highest BCUT2D eigenvalue weighted by Crippen LogP contribution is 2.10. The third-order valence-electron chi connectivity index (χ3n) is 1.41. The Labute approximate surface area is 74.6 Å². The predicted octanol–water partition coefficient (Wildman–Crippen LogP) is 3.15. The molecule has 0 amide bonds. The molecule has 0 bridgehead atoms. The average molecular weight is 217 g/mol. The second-order valence-corrected chi connectivity index (χ2v) is 4.18.